The summed E-state index contributed by atoms with van der Waals surface area (Å²) in [5, 5.41) is 9.55. The van der Waals surface area contributed by atoms with Crippen LogP contribution in [0.15, 0.2) is 18.2 Å². The molecule has 0 radical (unpaired) electrons. The van der Waals surface area contributed by atoms with E-state index >= 15 is 0 Å². The van der Waals surface area contributed by atoms with Crippen molar-refractivity contribution in [2.24, 2.45) is 0 Å². The Balaban J connectivity index is 1.77. The first-order chi connectivity index (χ1) is 9.67. The predicted molar refractivity (Wildman–Crippen MR) is 74.0 cm³/mol. The molecule has 20 heavy (non-hydrogen) atoms. The number of ether oxygens (including phenoxy) is 1. The number of amides is 1. The number of methoxy groups -OCH3 is 1. The van der Waals surface area contributed by atoms with Gasteiger partial charge in [-0.15, -0.1) is 5.10 Å². The Morgan fingerprint density at radius 2 is 2.25 bits per heavy atom. The summed E-state index contributed by atoms with van der Waals surface area (Å²) in [6.45, 7) is 1.96. The number of H-pyrrole nitrogens is 1. The van der Waals surface area contributed by atoms with Crippen molar-refractivity contribution in [3.8, 4) is 5.75 Å². The van der Waals surface area contributed by atoms with Gasteiger partial charge in [-0.2, -0.15) is 0 Å². The van der Waals surface area contributed by atoms with Crippen molar-refractivity contribution in [1.29, 1.82) is 0 Å². The van der Waals surface area contributed by atoms with E-state index in [1.165, 1.54) is 0 Å². The van der Waals surface area contributed by atoms with Crippen LogP contribution in [0, 0.1) is 6.92 Å². The summed E-state index contributed by atoms with van der Waals surface area (Å²) in [6, 6.07) is 5.58. The second kappa shape index (κ2) is 4.96. The monoisotopic (exact) mass is 272 g/mol. The number of hydrogen-bond donors (Lipinski definition) is 2. The summed E-state index contributed by atoms with van der Waals surface area (Å²) in [7, 11) is 1.57. The lowest BCUT2D eigenvalue weighted by Gasteiger charge is -2.09. The van der Waals surface area contributed by atoms with E-state index in [1.54, 1.807) is 13.2 Å². The van der Waals surface area contributed by atoms with Crippen molar-refractivity contribution >= 4 is 11.6 Å². The largest absolute Gasteiger partial charge is 0.495 e. The SMILES string of the molecule is COc1cc(C)ccc1NC(=O)c1n[nH]c(C2CC2)n1. The number of anilines is 1. The van der Waals surface area contributed by atoms with Gasteiger partial charge in [0.1, 0.15) is 11.6 Å². The lowest BCUT2D eigenvalue weighted by molar-refractivity contribution is 0.101. The van der Waals surface area contributed by atoms with E-state index in [0.29, 0.717) is 17.4 Å². The normalized spacial score (nSPS) is 14.1. The number of rotatable bonds is 4. The fourth-order valence-corrected chi connectivity index (χ4v) is 2.00. The topological polar surface area (TPSA) is 79.9 Å². The van der Waals surface area contributed by atoms with Crippen LogP contribution in [0.3, 0.4) is 0 Å². The Bertz CT molecular complexity index is 646. The highest BCUT2D eigenvalue weighted by molar-refractivity contribution is 6.02. The molecule has 2 N–H and O–H groups in total. The van der Waals surface area contributed by atoms with Gasteiger partial charge in [0.2, 0.25) is 5.82 Å². The van der Waals surface area contributed by atoms with Crippen molar-refractivity contribution in [3.63, 3.8) is 0 Å². The van der Waals surface area contributed by atoms with Gasteiger partial charge >= 0.3 is 0 Å². The average Bonchev–Trinajstić information content (AvgIpc) is 3.18. The van der Waals surface area contributed by atoms with Crippen LogP contribution in [0.2, 0.25) is 0 Å². The third-order valence-electron chi connectivity index (χ3n) is 3.28. The molecule has 104 valence electrons. The van der Waals surface area contributed by atoms with Crippen LogP contribution in [0.25, 0.3) is 0 Å². The molecule has 1 aromatic carbocycles. The molecule has 1 amide bonds. The molecule has 0 bridgehead atoms. The summed E-state index contributed by atoms with van der Waals surface area (Å²) in [4.78, 5) is 16.3. The minimum Gasteiger partial charge on any atom is -0.495 e. The van der Waals surface area contributed by atoms with E-state index in [2.05, 4.69) is 20.5 Å². The van der Waals surface area contributed by atoms with E-state index in [1.807, 2.05) is 19.1 Å². The maximum atomic E-state index is 12.1. The smallest absolute Gasteiger partial charge is 0.295 e. The summed E-state index contributed by atoms with van der Waals surface area (Å²) >= 11 is 0. The van der Waals surface area contributed by atoms with Crippen molar-refractivity contribution in [3.05, 3.63) is 35.4 Å². The van der Waals surface area contributed by atoms with Crippen molar-refractivity contribution in [2.75, 3.05) is 12.4 Å². The maximum Gasteiger partial charge on any atom is 0.295 e. The minimum atomic E-state index is -0.338. The van der Waals surface area contributed by atoms with Crippen molar-refractivity contribution < 1.29 is 9.53 Å². The van der Waals surface area contributed by atoms with E-state index in [0.717, 1.165) is 24.2 Å². The summed E-state index contributed by atoms with van der Waals surface area (Å²) in [5.41, 5.74) is 1.68. The number of benzene rings is 1. The first kappa shape index (κ1) is 12.7. The van der Waals surface area contributed by atoms with Gasteiger partial charge in [-0.3, -0.25) is 9.89 Å². The molecule has 0 unspecified atom stereocenters. The molecule has 0 saturated heterocycles. The molecule has 0 atom stereocenters. The molecule has 1 aromatic heterocycles. The highest BCUT2D eigenvalue weighted by atomic mass is 16.5. The summed E-state index contributed by atoms with van der Waals surface area (Å²) in [5.74, 6) is 1.69. The fraction of sp³-hybridized carbons (Fsp3) is 0.357. The number of nitrogens with one attached hydrogen (secondary N) is 2. The number of carbonyl (C=O) groups excluding carboxylic acids is 1. The Morgan fingerprint density at radius 3 is 2.95 bits per heavy atom. The molecule has 1 saturated carbocycles. The van der Waals surface area contributed by atoms with Gasteiger partial charge in [-0.05, 0) is 37.5 Å². The lowest BCUT2D eigenvalue weighted by atomic mass is 10.2. The van der Waals surface area contributed by atoms with Gasteiger partial charge in [-0.1, -0.05) is 6.07 Å². The molecule has 0 spiro atoms. The van der Waals surface area contributed by atoms with Crippen LogP contribution in [0.5, 0.6) is 5.75 Å². The fourth-order valence-electron chi connectivity index (χ4n) is 2.00. The van der Waals surface area contributed by atoms with Crippen LogP contribution in [0.1, 0.15) is 40.8 Å². The Labute approximate surface area is 116 Å². The number of hydrogen-bond acceptors (Lipinski definition) is 4. The molecule has 6 nitrogen and oxygen atoms in total. The molecular formula is C14H16N4O2. The van der Waals surface area contributed by atoms with Gasteiger partial charge in [0.15, 0.2) is 0 Å². The molecular weight excluding hydrogens is 256 g/mol. The lowest BCUT2D eigenvalue weighted by Crippen LogP contribution is -2.14. The van der Waals surface area contributed by atoms with Crippen LogP contribution in [-0.4, -0.2) is 28.2 Å². The predicted octanol–water partition coefficient (Wildman–Crippen LogP) is 2.25. The molecule has 3 rings (SSSR count). The van der Waals surface area contributed by atoms with E-state index < -0.39 is 0 Å². The number of aryl methyl sites for hydroxylation is 1. The molecule has 1 aliphatic carbocycles. The Kier molecular flexibility index (Phi) is 3.14. The minimum absolute atomic E-state index is 0.162. The Morgan fingerprint density at radius 1 is 1.45 bits per heavy atom. The number of aromatic amines is 1. The summed E-state index contributed by atoms with van der Waals surface area (Å²) < 4.78 is 5.25. The van der Waals surface area contributed by atoms with Crippen LogP contribution in [-0.2, 0) is 0 Å². The molecule has 2 aromatic rings. The first-order valence-electron chi connectivity index (χ1n) is 6.55. The second-order valence-electron chi connectivity index (χ2n) is 4.98. The highest BCUT2D eigenvalue weighted by Gasteiger charge is 2.28. The molecule has 6 heteroatoms. The van der Waals surface area contributed by atoms with Crippen LogP contribution >= 0.6 is 0 Å². The maximum absolute atomic E-state index is 12.1. The van der Waals surface area contributed by atoms with E-state index in [9.17, 15) is 4.79 Å². The third kappa shape index (κ3) is 2.49. The van der Waals surface area contributed by atoms with E-state index in [-0.39, 0.29) is 11.7 Å². The zero-order valence-corrected chi connectivity index (χ0v) is 11.4. The third-order valence-corrected chi connectivity index (χ3v) is 3.28. The molecule has 1 fully saturated rings. The van der Waals surface area contributed by atoms with E-state index in [4.69, 9.17) is 4.74 Å². The highest BCUT2D eigenvalue weighted by Crippen LogP contribution is 2.37. The number of nitrogens with zero attached hydrogens (tertiary/aromatic N) is 2. The van der Waals surface area contributed by atoms with Gasteiger partial charge < -0.3 is 10.1 Å². The summed E-state index contributed by atoms with van der Waals surface area (Å²) in [6.07, 6.45) is 2.23. The average molecular weight is 272 g/mol. The van der Waals surface area contributed by atoms with Crippen LogP contribution in [0.4, 0.5) is 5.69 Å². The number of aromatic nitrogens is 3. The zero-order valence-electron chi connectivity index (χ0n) is 11.4. The second-order valence-corrected chi connectivity index (χ2v) is 4.98. The van der Waals surface area contributed by atoms with Crippen LogP contribution < -0.4 is 10.1 Å². The van der Waals surface area contributed by atoms with Crippen molar-refractivity contribution in [1.82, 2.24) is 15.2 Å². The van der Waals surface area contributed by atoms with Gasteiger partial charge in [0.05, 0.1) is 12.8 Å². The van der Waals surface area contributed by atoms with Gasteiger partial charge in [0, 0.05) is 5.92 Å². The molecule has 0 aliphatic heterocycles. The van der Waals surface area contributed by atoms with Crippen molar-refractivity contribution in [2.45, 2.75) is 25.7 Å². The number of carbonyl (C=O) groups is 1. The molecule has 1 aliphatic rings. The molecule has 1 heterocycles. The van der Waals surface area contributed by atoms with Gasteiger partial charge in [-0.25, -0.2) is 4.98 Å². The standard InChI is InChI=1S/C14H16N4O2/c1-8-3-6-10(11(7-8)20-2)15-14(19)13-16-12(17-18-13)9-4-5-9/h3,6-7,9H,4-5H2,1-2H3,(H,15,19)(H,16,17,18). The zero-order chi connectivity index (χ0) is 14.1. The quantitative estimate of drug-likeness (QED) is 0.894. The Hall–Kier alpha value is -2.37. The first-order valence-corrected chi connectivity index (χ1v) is 6.55. The van der Waals surface area contributed by atoms with Gasteiger partial charge in [0.25, 0.3) is 5.91 Å².